The van der Waals surface area contributed by atoms with E-state index in [0.717, 1.165) is 6.07 Å². The molecule has 1 aromatic carbocycles. The first-order chi connectivity index (χ1) is 8.32. The van der Waals surface area contributed by atoms with E-state index in [2.05, 4.69) is 5.32 Å². The smallest absolute Gasteiger partial charge is 0.292 e. The molecule has 0 aliphatic carbocycles. The van der Waals surface area contributed by atoms with Gasteiger partial charge in [0.25, 0.3) is 5.69 Å². The van der Waals surface area contributed by atoms with Crippen molar-refractivity contribution in [3.05, 3.63) is 33.9 Å². The second kappa shape index (κ2) is 5.13. The Hall–Kier alpha value is -2.64. The Morgan fingerprint density at radius 2 is 2.00 bits per heavy atom. The first-order valence-corrected chi connectivity index (χ1v) is 4.97. The Labute approximate surface area is 102 Å². The lowest BCUT2D eigenvalue weighted by atomic mass is 10.1. The second-order valence-electron chi connectivity index (χ2n) is 3.62. The summed E-state index contributed by atoms with van der Waals surface area (Å²) in [5.41, 5.74) is 9.96. The summed E-state index contributed by atoms with van der Waals surface area (Å²) in [6.07, 6.45) is 0. The van der Waals surface area contributed by atoms with E-state index in [4.69, 9.17) is 11.5 Å². The Balaban J connectivity index is 3.19. The first kappa shape index (κ1) is 13.4. The van der Waals surface area contributed by atoms with Crippen LogP contribution in [-0.4, -0.2) is 22.8 Å². The Morgan fingerprint density at radius 3 is 2.44 bits per heavy atom. The molecule has 2 amide bonds. The lowest BCUT2D eigenvalue weighted by molar-refractivity contribution is -0.384. The van der Waals surface area contributed by atoms with Crippen molar-refractivity contribution in [1.29, 1.82) is 0 Å². The summed E-state index contributed by atoms with van der Waals surface area (Å²) in [7, 11) is 0. The number of nitro benzene ring substituents is 1. The first-order valence-electron chi connectivity index (χ1n) is 4.97. The Bertz CT molecular complexity index is 515. The Morgan fingerprint density at radius 1 is 1.39 bits per heavy atom. The summed E-state index contributed by atoms with van der Waals surface area (Å²) < 4.78 is 0. The molecule has 0 radical (unpaired) electrons. The summed E-state index contributed by atoms with van der Waals surface area (Å²) in [5, 5.41) is 13.4. The number of nitrogens with one attached hydrogen (secondary N) is 1. The van der Waals surface area contributed by atoms with Crippen LogP contribution in [0.15, 0.2) is 18.2 Å². The minimum atomic E-state index is -0.813. The van der Waals surface area contributed by atoms with Gasteiger partial charge in [-0.2, -0.15) is 0 Å². The number of carbonyl (C=O) groups excluding carboxylic acids is 2. The number of rotatable bonds is 5. The van der Waals surface area contributed by atoms with Gasteiger partial charge in [-0.1, -0.05) is 0 Å². The largest absolute Gasteiger partial charge is 0.368 e. The fraction of sp³-hybridized carbons (Fsp3) is 0.200. The molecule has 0 heterocycles. The van der Waals surface area contributed by atoms with Crippen LogP contribution in [0.25, 0.3) is 0 Å². The highest BCUT2D eigenvalue weighted by atomic mass is 16.6. The van der Waals surface area contributed by atoms with Gasteiger partial charge in [-0.05, 0) is 19.1 Å². The Kier molecular flexibility index (Phi) is 3.82. The molecule has 8 nitrogen and oxygen atoms in total. The number of nitro groups is 1. The van der Waals surface area contributed by atoms with Crippen molar-refractivity contribution in [2.24, 2.45) is 11.5 Å². The number of amides is 2. The van der Waals surface area contributed by atoms with Gasteiger partial charge >= 0.3 is 0 Å². The van der Waals surface area contributed by atoms with Crippen LogP contribution >= 0.6 is 0 Å². The number of hydrogen-bond donors (Lipinski definition) is 3. The normalized spacial score (nSPS) is 11.6. The van der Waals surface area contributed by atoms with Crippen LogP contribution in [0.3, 0.4) is 0 Å². The van der Waals surface area contributed by atoms with Crippen molar-refractivity contribution in [1.82, 2.24) is 0 Å². The van der Waals surface area contributed by atoms with Crippen molar-refractivity contribution in [2.45, 2.75) is 13.0 Å². The van der Waals surface area contributed by atoms with Crippen molar-refractivity contribution >= 4 is 23.2 Å². The van der Waals surface area contributed by atoms with Crippen LogP contribution in [-0.2, 0) is 4.79 Å². The number of benzene rings is 1. The molecule has 1 rings (SSSR count). The van der Waals surface area contributed by atoms with Gasteiger partial charge in [0.1, 0.15) is 11.7 Å². The van der Waals surface area contributed by atoms with Crippen LogP contribution < -0.4 is 16.8 Å². The van der Waals surface area contributed by atoms with E-state index in [1.807, 2.05) is 0 Å². The lowest BCUT2D eigenvalue weighted by Gasteiger charge is -2.12. The van der Waals surface area contributed by atoms with Crippen LogP contribution in [0.2, 0.25) is 0 Å². The molecule has 1 aromatic rings. The molecule has 5 N–H and O–H groups in total. The van der Waals surface area contributed by atoms with Gasteiger partial charge in [0.05, 0.1) is 4.92 Å². The van der Waals surface area contributed by atoms with E-state index in [1.165, 1.54) is 19.1 Å². The summed E-state index contributed by atoms with van der Waals surface area (Å²) in [6.45, 7) is 1.45. The van der Waals surface area contributed by atoms with Crippen LogP contribution in [0.4, 0.5) is 11.4 Å². The molecule has 0 aliphatic heterocycles. The van der Waals surface area contributed by atoms with Gasteiger partial charge in [0.2, 0.25) is 11.8 Å². The molecule has 18 heavy (non-hydrogen) atoms. The molecule has 0 saturated heterocycles. The number of primary amides is 2. The van der Waals surface area contributed by atoms with Crippen LogP contribution in [0.5, 0.6) is 0 Å². The maximum atomic E-state index is 11.0. The maximum Gasteiger partial charge on any atom is 0.292 e. The predicted octanol–water partition coefficient (Wildman–Crippen LogP) is -0.0206. The zero-order chi connectivity index (χ0) is 13.9. The fourth-order valence-electron chi connectivity index (χ4n) is 1.27. The van der Waals surface area contributed by atoms with Crippen molar-refractivity contribution in [3.63, 3.8) is 0 Å². The van der Waals surface area contributed by atoms with E-state index < -0.39 is 22.8 Å². The van der Waals surface area contributed by atoms with E-state index >= 15 is 0 Å². The van der Waals surface area contributed by atoms with E-state index in [9.17, 15) is 19.7 Å². The van der Waals surface area contributed by atoms with Gasteiger partial charge in [-0.3, -0.25) is 19.7 Å². The van der Waals surface area contributed by atoms with Gasteiger partial charge in [0.15, 0.2) is 0 Å². The monoisotopic (exact) mass is 252 g/mol. The van der Waals surface area contributed by atoms with Crippen molar-refractivity contribution in [2.75, 3.05) is 5.32 Å². The molecule has 1 unspecified atom stereocenters. The summed E-state index contributed by atoms with van der Waals surface area (Å²) in [6, 6.07) is 2.77. The molecule has 0 aromatic heterocycles. The topological polar surface area (TPSA) is 141 Å². The number of nitrogens with zero attached hydrogens (tertiary/aromatic N) is 1. The summed E-state index contributed by atoms with van der Waals surface area (Å²) in [5.74, 6) is -1.39. The van der Waals surface area contributed by atoms with E-state index in [1.54, 1.807) is 0 Å². The zero-order valence-electron chi connectivity index (χ0n) is 9.54. The van der Waals surface area contributed by atoms with Gasteiger partial charge < -0.3 is 16.8 Å². The number of anilines is 1. The van der Waals surface area contributed by atoms with Crippen molar-refractivity contribution < 1.29 is 14.5 Å². The van der Waals surface area contributed by atoms with Crippen LogP contribution in [0.1, 0.15) is 17.3 Å². The molecular formula is C10H12N4O4. The number of nitrogens with two attached hydrogens (primary N) is 2. The highest BCUT2D eigenvalue weighted by molar-refractivity contribution is 5.95. The van der Waals surface area contributed by atoms with Gasteiger partial charge in [0, 0.05) is 11.6 Å². The van der Waals surface area contributed by atoms with E-state index in [-0.39, 0.29) is 16.9 Å². The van der Waals surface area contributed by atoms with Crippen molar-refractivity contribution in [3.8, 4) is 0 Å². The lowest BCUT2D eigenvalue weighted by Crippen LogP contribution is -2.32. The third kappa shape index (κ3) is 2.94. The van der Waals surface area contributed by atoms with Crippen LogP contribution in [0, 0.1) is 10.1 Å². The predicted molar refractivity (Wildman–Crippen MR) is 63.9 cm³/mol. The molecule has 0 saturated carbocycles. The molecule has 0 aliphatic rings. The summed E-state index contributed by atoms with van der Waals surface area (Å²) in [4.78, 5) is 32.0. The average Bonchev–Trinajstić information content (AvgIpc) is 2.28. The minimum Gasteiger partial charge on any atom is -0.368 e. The highest BCUT2D eigenvalue weighted by Gasteiger charge is 2.19. The third-order valence-corrected chi connectivity index (χ3v) is 2.28. The zero-order valence-corrected chi connectivity index (χ0v) is 9.54. The summed E-state index contributed by atoms with van der Waals surface area (Å²) >= 11 is 0. The molecule has 8 heteroatoms. The maximum absolute atomic E-state index is 11.0. The molecule has 0 fully saturated rings. The molecule has 0 bridgehead atoms. The SMILES string of the molecule is CC(Nc1cc(C(N)=O)ccc1[N+](=O)[O-])C(N)=O. The number of carbonyl (C=O) groups is 2. The molecule has 1 atom stereocenters. The minimum absolute atomic E-state index is 0.0163. The average molecular weight is 252 g/mol. The fourth-order valence-corrected chi connectivity index (χ4v) is 1.27. The van der Waals surface area contributed by atoms with E-state index in [0.29, 0.717) is 0 Å². The quantitative estimate of drug-likeness (QED) is 0.498. The third-order valence-electron chi connectivity index (χ3n) is 2.28. The highest BCUT2D eigenvalue weighted by Crippen LogP contribution is 2.25. The molecular weight excluding hydrogens is 240 g/mol. The standard InChI is InChI=1S/C10H12N4O4/c1-5(9(11)15)13-7-4-6(10(12)16)2-3-8(7)14(17)18/h2-5,13H,1H3,(H2,11,15)(H2,12,16). The molecule has 0 spiro atoms. The number of hydrogen-bond acceptors (Lipinski definition) is 5. The second-order valence-corrected chi connectivity index (χ2v) is 3.62. The van der Waals surface area contributed by atoms with Gasteiger partial charge in [-0.25, -0.2) is 0 Å². The van der Waals surface area contributed by atoms with Gasteiger partial charge in [-0.15, -0.1) is 0 Å². The molecule has 96 valence electrons.